The number of ketones is 1. The number of aromatic nitrogens is 3. The molecule has 0 radical (unpaired) electrons. The molecular formula is C20H25N5O2. The monoisotopic (exact) mass is 367 g/mol. The fraction of sp³-hybridized carbons (Fsp3) is 0.500. The van der Waals surface area contributed by atoms with Crippen LogP contribution in [0.25, 0.3) is 0 Å². The number of carbonyl (C=O) groups is 2. The maximum absolute atomic E-state index is 12.9. The lowest BCUT2D eigenvalue weighted by Gasteiger charge is -2.25. The molecule has 3 heterocycles. The van der Waals surface area contributed by atoms with Crippen molar-refractivity contribution in [3.8, 4) is 0 Å². The Labute approximate surface area is 158 Å². The molecule has 2 aliphatic heterocycles. The van der Waals surface area contributed by atoms with Gasteiger partial charge in [-0.05, 0) is 44.7 Å². The number of urea groups is 1. The zero-order valence-electron chi connectivity index (χ0n) is 15.6. The Morgan fingerprint density at radius 1 is 1.11 bits per heavy atom. The molecule has 1 unspecified atom stereocenters. The van der Waals surface area contributed by atoms with Gasteiger partial charge in [0, 0.05) is 30.8 Å². The number of benzene rings is 1. The van der Waals surface area contributed by atoms with Gasteiger partial charge in [-0.3, -0.25) is 4.79 Å². The average molecular weight is 367 g/mol. The van der Waals surface area contributed by atoms with Gasteiger partial charge in [0.25, 0.3) is 0 Å². The SMILES string of the molecule is CC(=O)c1cccc(NC(=O)N2CCCC2c2nnc3n2CCCCC3)c1. The summed E-state index contributed by atoms with van der Waals surface area (Å²) in [5.74, 6) is 1.94. The predicted octanol–water partition coefficient (Wildman–Crippen LogP) is 3.58. The van der Waals surface area contributed by atoms with Crippen molar-refractivity contribution >= 4 is 17.5 Å². The van der Waals surface area contributed by atoms with Gasteiger partial charge in [0.2, 0.25) is 0 Å². The lowest BCUT2D eigenvalue weighted by atomic mass is 10.1. The lowest BCUT2D eigenvalue weighted by Crippen LogP contribution is -2.35. The Morgan fingerprint density at radius 3 is 2.85 bits per heavy atom. The van der Waals surface area contributed by atoms with Crippen LogP contribution in [0.2, 0.25) is 0 Å². The molecule has 0 aliphatic carbocycles. The highest BCUT2D eigenvalue weighted by molar-refractivity contribution is 5.96. The number of nitrogens with zero attached hydrogens (tertiary/aromatic N) is 4. The Kier molecular flexibility index (Phi) is 4.92. The number of hydrogen-bond acceptors (Lipinski definition) is 4. The molecule has 1 N–H and O–H groups in total. The first-order valence-electron chi connectivity index (χ1n) is 9.74. The maximum atomic E-state index is 12.9. The molecule has 2 amide bonds. The van der Waals surface area contributed by atoms with E-state index in [4.69, 9.17) is 0 Å². The number of fused-ring (bicyclic) bond motifs is 1. The summed E-state index contributed by atoms with van der Waals surface area (Å²) in [4.78, 5) is 26.3. The van der Waals surface area contributed by atoms with Crippen LogP contribution in [0.4, 0.5) is 10.5 Å². The van der Waals surface area contributed by atoms with Crippen molar-refractivity contribution in [3.63, 3.8) is 0 Å². The molecule has 1 fully saturated rings. The molecule has 142 valence electrons. The van der Waals surface area contributed by atoms with E-state index >= 15 is 0 Å². The normalized spacial score (nSPS) is 19.4. The third kappa shape index (κ3) is 3.59. The van der Waals surface area contributed by atoms with Crippen LogP contribution in [-0.4, -0.2) is 38.0 Å². The van der Waals surface area contributed by atoms with Crippen LogP contribution in [0.5, 0.6) is 0 Å². The number of Topliss-reactive ketones (excluding diaryl/α,β-unsaturated/α-hetero) is 1. The quantitative estimate of drug-likeness (QED) is 0.841. The van der Waals surface area contributed by atoms with Gasteiger partial charge in [-0.15, -0.1) is 10.2 Å². The Bertz CT molecular complexity index is 860. The van der Waals surface area contributed by atoms with Crippen molar-refractivity contribution < 1.29 is 9.59 Å². The summed E-state index contributed by atoms with van der Waals surface area (Å²) < 4.78 is 2.22. The summed E-state index contributed by atoms with van der Waals surface area (Å²) in [5, 5.41) is 11.8. The Balaban J connectivity index is 1.53. The van der Waals surface area contributed by atoms with Gasteiger partial charge in [-0.25, -0.2) is 4.79 Å². The van der Waals surface area contributed by atoms with Crippen molar-refractivity contribution in [1.29, 1.82) is 0 Å². The van der Waals surface area contributed by atoms with E-state index in [1.165, 1.54) is 13.3 Å². The number of nitrogens with one attached hydrogen (secondary N) is 1. The standard InChI is InChI=1S/C20H25N5O2/c1-14(26)15-7-5-8-16(13-15)21-20(27)24-12-6-9-17(24)19-23-22-18-10-3-2-4-11-25(18)19/h5,7-8,13,17H,2-4,6,9-12H2,1H3,(H,21,27). The molecule has 4 rings (SSSR count). The number of aryl methyl sites for hydroxylation is 1. The summed E-state index contributed by atoms with van der Waals surface area (Å²) in [6, 6.07) is 6.87. The molecule has 1 aromatic heterocycles. The minimum atomic E-state index is -0.149. The first-order valence-corrected chi connectivity index (χ1v) is 9.74. The van der Waals surface area contributed by atoms with Crippen LogP contribution >= 0.6 is 0 Å². The Morgan fingerprint density at radius 2 is 2.00 bits per heavy atom. The van der Waals surface area contributed by atoms with Gasteiger partial charge in [-0.1, -0.05) is 18.6 Å². The van der Waals surface area contributed by atoms with Gasteiger partial charge < -0.3 is 14.8 Å². The van der Waals surface area contributed by atoms with E-state index in [0.29, 0.717) is 17.8 Å². The van der Waals surface area contributed by atoms with Crippen molar-refractivity contribution in [1.82, 2.24) is 19.7 Å². The van der Waals surface area contributed by atoms with Gasteiger partial charge in [0.15, 0.2) is 11.6 Å². The van der Waals surface area contributed by atoms with Gasteiger partial charge in [0.1, 0.15) is 5.82 Å². The van der Waals surface area contributed by atoms with Gasteiger partial charge in [0.05, 0.1) is 6.04 Å². The molecule has 2 aliphatic rings. The zero-order chi connectivity index (χ0) is 18.8. The van der Waals surface area contributed by atoms with Crippen molar-refractivity contribution in [2.24, 2.45) is 0 Å². The van der Waals surface area contributed by atoms with Gasteiger partial charge >= 0.3 is 6.03 Å². The van der Waals surface area contributed by atoms with E-state index in [0.717, 1.165) is 50.3 Å². The van der Waals surface area contributed by atoms with E-state index in [-0.39, 0.29) is 17.9 Å². The van der Waals surface area contributed by atoms with Crippen molar-refractivity contribution in [2.45, 2.75) is 58.0 Å². The fourth-order valence-electron chi connectivity index (χ4n) is 4.04. The lowest BCUT2D eigenvalue weighted by molar-refractivity contribution is 0.101. The number of rotatable bonds is 3. The zero-order valence-corrected chi connectivity index (χ0v) is 15.6. The molecular weight excluding hydrogens is 342 g/mol. The fourth-order valence-corrected chi connectivity index (χ4v) is 4.04. The topological polar surface area (TPSA) is 80.1 Å². The molecule has 0 saturated carbocycles. The van der Waals surface area contributed by atoms with Crippen LogP contribution < -0.4 is 5.32 Å². The molecule has 1 saturated heterocycles. The van der Waals surface area contributed by atoms with Crippen LogP contribution in [0, 0.1) is 0 Å². The first-order chi connectivity index (χ1) is 13.1. The molecule has 2 aromatic rings. The molecule has 0 bridgehead atoms. The number of carbonyl (C=O) groups excluding carboxylic acids is 2. The number of anilines is 1. The van der Waals surface area contributed by atoms with E-state index in [2.05, 4.69) is 20.1 Å². The minimum absolute atomic E-state index is 0.0173. The van der Waals surface area contributed by atoms with Crippen LogP contribution in [0.3, 0.4) is 0 Å². The first kappa shape index (κ1) is 17.7. The van der Waals surface area contributed by atoms with Crippen LogP contribution in [-0.2, 0) is 13.0 Å². The van der Waals surface area contributed by atoms with Crippen molar-refractivity contribution in [2.75, 3.05) is 11.9 Å². The largest absolute Gasteiger partial charge is 0.322 e. The molecule has 1 aromatic carbocycles. The highest BCUT2D eigenvalue weighted by Crippen LogP contribution is 2.32. The molecule has 27 heavy (non-hydrogen) atoms. The second-order valence-electron chi connectivity index (χ2n) is 7.36. The van der Waals surface area contributed by atoms with E-state index < -0.39 is 0 Å². The van der Waals surface area contributed by atoms with E-state index in [1.54, 1.807) is 24.3 Å². The third-order valence-corrected chi connectivity index (χ3v) is 5.47. The summed E-state index contributed by atoms with van der Waals surface area (Å²) in [5.41, 5.74) is 1.23. The minimum Gasteiger partial charge on any atom is -0.314 e. The smallest absolute Gasteiger partial charge is 0.314 e. The third-order valence-electron chi connectivity index (χ3n) is 5.47. The number of hydrogen-bond donors (Lipinski definition) is 1. The maximum Gasteiger partial charge on any atom is 0.322 e. The van der Waals surface area contributed by atoms with Crippen LogP contribution in [0.15, 0.2) is 24.3 Å². The average Bonchev–Trinajstić information content (AvgIpc) is 3.23. The molecule has 1 atom stereocenters. The highest BCUT2D eigenvalue weighted by Gasteiger charge is 2.34. The summed E-state index contributed by atoms with van der Waals surface area (Å²) >= 11 is 0. The summed E-state index contributed by atoms with van der Waals surface area (Å²) in [6.45, 7) is 3.16. The van der Waals surface area contributed by atoms with Gasteiger partial charge in [-0.2, -0.15) is 0 Å². The molecule has 7 nitrogen and oxygen atoms in total. The van der Waals surface area contributed by atoms with E-state index in [1.807, 2.05) is 4.90 Å². The second kappa shape index (κ2) is 7.50. The Hall–Kier alpha value is -2.70. The number of amides is 2. The van der Waals surface area contributed by atoms with Crippen LogP contribution in [0.1, 0.15) is 67.1 Å². The van der Waals surface area contributed by atoms with Crippen molar-refractivity contribution in [3.05, 3.63) is 41.5 Å². The predicted molar refractivity (Wildman–Crippen MR) is 102 cm³/mol. The van der Waals surface area contributed by atoms with E-state index in [9.17, 15) is 9.59 Å². The highest BCUT2D eigenvalue weighted by atomic mass is 16.2. The molecule has 0 spiro atoms. The number of likely N-dealkylation sites (tertiary alicyclic amines) is 1. The molecule has 7 heteroatoms. The summed E-state index contributed by atoms with van der Waals surface area (Å²) in [6.07, 6.45) is 6.31. The summed E-state index contributed by atoms with van der Waals surface area (Å²) in [7, 11) is 0. The second-order valence-corrected chi connectivity index (χ2v) is 7.36.